The zero-order valence-corrected chi connectivity index (χ0v) is 7.32. The molecule has 2 heteroatoms. The zero-order chi connectivity index (χ0) is 7.95. The van der Waals surface area contributed by atoms with Crippen molar-refractivity contribution in [3.8, 4) is 0 Å². The van der Waals surface area contributed by atoms with Crippen molar-refractivity contribution in [1.29, 1.82) is 0 Å². The highest BCUT2D eigenvalue weighted by atomic mass is 14.9. The summed E-state index contributed by atoms with van der Waals surface area (Å²) in [4.78, 5) is 0. The van der Waals surface area contributed by atoms with E-state index in [9.17, 15) is 0 Å². The Morgan fingerprint density at radius 3 is 2.36 bits per heavy atom. The fourth-order valence-electron chi connectivity index (χ4n) is 2.95. The van der Waals surface area contributed by atoms with Gasteiger partial charge in [-0.25, -0.2) is 0 Å². The van der Waals surface area contributed by atoms with Crippen LogP contribution in [0.25, 0.3) is 0 Å². The minimum absolute atomic E-state index is 0.148. The third kappa shape index (κ3) is 1.09. The van der Waals surface area contributed by atoms with Crippen LogP contribution in [0.3, 0.4) is 0 Å². The Labute approximate surface area is 68.5 Å². The van der Waals surface area contributed by atoms with E-state index in [0.717, 1.165) is 6.54 Å². The molecule has 0 atom stereocenters. The van der Waals surface area contributed by atoms with Crippen LogP contribution in [0, 0.1) is 5.41 Å². The Morgan fingerprint density at radius 2 is 2.00 bits per heavy atom. The van der Waals surface area contributed by atoms with Crippen LogP contribution in [-0.2, 0) is 0 Å². The zero-order valence-electron chi connectivity index (χ0n) is 7.32. The van der Waals surface area contributed by atoms with Crippen LogP contribution in [-0.4, -0.2) is 19.1 Å². The second-order valence-corrected chi connectivity index (χ2v) is 4.60. The van der Waals surface area contributed by atoms with Crippen molar-refractivity contribution in [2.75, 3.05) is 13.6 Å². The van der Waals surface area contributed by atoms with Gasteiger partial charge in [-0.1, -0.05) is 6.42 Å². The summed E-state index contributed by atoms with van der Waals surface area (Å²) >= 11 is 0. The Kier molecular flexibility index (Phi) is 1.52. The molecule has 1 spiro atoms. The fourth-order valence-corrected chi connectivity index (χ4v) is 2.95. The molecule has 0 aromatic carbocycles. The summed E-state index contributed by atoms with van der Waals surface area (Å²) in [5.74, 6) is 0. The normalized spacial score (nSPS) is 31.1. The van der Waals surface area contributed by atoms with Crippen LogP contribution in [0.5, 0.6) is 0 Å². The highest BCUT2D eigenvalue weighted by Crippen LogP contribution is 2.59. The average Bonchev–Trinajstić information content (AvgIpc) is 1.78. The van der Waals surface area contributed by atoms with Crippen LogP contribution in [0.15, 0.2) is 0 Å². The molecule has 0 unspecified atom stereocenters. The second kappa shape index (κ2) is 2.20. The smallest absolute Gasteiger partial charge is 0.0291 e. The van der Waals surface area contributed by atoms with Gasteiger partial charge in [-0.2, -0.15) is 0 Å². The van der Waals surface area contributed by atoms with Crippen molar-refractivity contribution < 1.29 is 0 Å². The van der Waals surface area contributed by atoms with Crippen molar-refractivity contribution in [2.45, 2.75) is 37.6 Å². The molecule has 64 valence electrons. The maximum atomic E-state index is 6.14. The molecular weight excluding hydrogens is 136 g/mol. The number of hydrogen-bond acceptors (Lipinski definition) is 2. The number of nitrogens with two attached hydrogens (primary N) is 1. The molecule has 2 aliphatic rings. The summed E-state index contributed by atoms with van der Waals surface area (Å²) in [6.07, 6.45) is 6.85. The minimum Gasteiger partial charge on any atom is -0.324 e. The van der Waals surface area contributed by atoms with Gasteiger partial charge in [-0.3, -0.25) is 0 Å². The van der Waals surface area contributed by atoms with Gasteiger partial charge in [0.25, 0.3) is 0 Å². The summed E-state index contributed by atoms with van der Waals surface area (Å²) in [6.45, 7) is 0.995. The van der Waals surface area contributed by atoms with Crippen molar-refractivity contribution in [3.63, 3.8) is 0 Å². The molecule has 0 saturated heterocycles. The number of nitrogens with one attached hydrogen (secondary N) is 1. The first-order chi connectivity index (χ1) is 5.18. The lowest BCUT2D eigenvalue weighted by atomic mass is 9.49. The highest BCUT2D eigenvalue weighted by molar-refractivity contribution is 5.11. The Hall–Kier alpha value is -0.0800. The lowest BCUT2D eigenvalue weighted by Crippen LogP contribution is -2.64. The van der Waals surface area contributed by atoms with Gasteiger partial charge in [0.15, 0.2) is 0 Å². The van der Waals surface area contributed by atoms with Crippen LogP contribution in [0.1, 0.15) is 32.1 Å². The van der Waals surface area contributed by atoms with Gasteiger partial charge in [0.1, 0.15) is 0 Å². The van der Waals surface area contributed by atoms with E-state index in [1.54, 1.807) is 0 Å². The van der Waals surface area contributed by atoms with Crippen molar-refractivity contribution in [3.05, 3.63) is 0 Å². The molecule has 0 radical (unpaired) electrons. The summed E-state index contributed by atoms with van der Waals surface area (Å²) in [5, 5.41) is 3.17. The SMILES string of the molecule is CNCC1(N)CC2(CCC2)C1. The maximum absolute atomic E-state index is 6.14. The standard InChI is InChI=1S/C9H18N2/c1-11-7-9(10)5-8(6-9)3-2-4-8/h11H,2-7,10H2,1H3. The molecule has 2 nitrogen and oxygen atoms in total. The summed E-state index contributed by atoms with van der Waals surface area (Å²) in [6, 6.07) is 0. The van der Waals surface area contributed by atoms with E-state index in [2.05, 4.69) is 5.32 Å². The Bertz CT molecular complexity index is 153. The second-order valence-electron chi connectivity index (χ2n) is 4.60. The van der Waals surface area contributed by atoms with Crippen LogP contribution >= 0.6 is 0 Å². The molecule has 2 saturated carbocycles. The van der Waals surface area contributed by atoms with E-state index in [1.165, 1.54) is 32.1 Å². The Morgan fingerprint density at radius 1 is 1.36 bits per heavy atom. The van der Waals surface area contributed by atoms with Gasteiger partial charge < -0.3 is 11.1 Å². The van der Waals surface area contributed by atoms with E-state index in [1.807, 2.05) is 7.05 Å². The van der Waals surface area contributed by atoms with Crippen LogP contribution in [0.2, 0.25) is 0 Å². The molecule has 0 amide bonds. The summed E-state index contributed by atoms with van der Waals surface area (Å²) in [5.41, 5.74) is 7.00. The van der Waals surface area contributed by atoms with Crippen LogP contribution in [0.4, 0.5) is 0 Å². The van der Waals surface area contributed by atoms with E-state index in [-0.39, 0.29) is 5.54 Å². The van der Waals surface area contributed by atoms with E-state index in [4.69, 9.17) is 5.73 Å². The predicted molar refractivity (Wildman–Crippen MR) is 46.4 cm³/mol. The third-order valence-corrected chi connectivity index (χ3v) is 3.40. The first-order valence-corrected chi connectivity index (χ1v) is 4.62. The number of hydrogen-bond donors (Lipinski definition) is 2. The molecule has 11 heavy (non-hydrogen) atoms. The van der Waals surface area contributed by atoms with Crippen molar-refractivity contribution in [2.24, 2.45) is 11.1 Å². The van der Waals surface area contributed by atoms with E-state index < -0.39 is 0 Å². The van der Waals surface area contributed by atoms with Gasteiger partial charge in [0, 0.05) is 12.1 Å². The molecule has 2 fully saturated rings. The van der Waals surface area contributed by atoms with Gasteiger partial charge in [0.05, 0.1) is 0 Å². The molecule has 0 bridgehead atoms. The van der Waals surface area contributed by atoms with Gasteiger partial charge in [-0.15, -0.1) is 0 Å². The van der Waals surface area contributed by atoms with Crippen molar-refractivity contribution in [1.82, 2.24) is 5.32 Å². The lowest BCUT2D eigenvalue weighted by Gasteiger charge is -2.59. The first kappa shape index (κ1) is 7.56. The molecule has 3 N–H and O–H groups in total. The number of rotatable bonds is 2. The van der Waals surface area contributed by atoms with Gasteiger partial charge in [0.2, 0.25) is 0 Å². The van der Waals surface area contributed by atoms with E-state index >= 15 is 0 Å². The number of likely N-dealkylation sites (N-methyl/N-ethyl adjacent to an activating group) is 1. The van der Waals surface area contributed by atoms with Crippen LogP contribution < -0.4 is 11.1 Å². The maximum Gasteiger partial charge on any atom is 0.0291 e. The fraction of sp³-hybridized carbons (Fsp3) is 1.00. The molecule has 0 aromatic heterocycles. The van der Waals surface area contributed by atoms with Gasteiger partial charge >= 0.3 is 0 Å². The molecule has 2 rings (SSSR count). The average molecular weight is 154 g/mol. The predicted octanol–water partition coefficient (Wildman–Crippen LogP) is 0.867. The molecule has 0 aromatic rings. The first-order valence-electron chi connectivity index (χ1n) is 4.62. The summed E-state index contributed by atoms with van der Waals surface area (Å²) in [7, 11) is 1.99. The molecular formula is C9H18N2. The molecule has 0 aliphatic heterocycles. The molecule has 0 heterocycles. The summed E-state index contributed by atoms with van der Waals surface area (Å²) < 4.78 is 0. The molecule has 2 aliphatic carbocycles. The highest BCUT2D eigenvalue weighted by Gasteiger charge is 2.54. The Balaban J connectivity index is 1.85. The lowest BCUT2D eigenvalue weighted by molar-refractivity contribution is -0.0414. The van der Waals surface area contributed by atoms with Crippen molar-refractivity contribution >= 4 is 0 Å². The van der Waals surface area contributed by atoms with E-state index in [0.29, 0.717) is 5.41 Å². The topological polar surface area (TPSA) is 38.0 Å². The largest absolute Gasteiger partial charge is 0.324 e. The third-order valence-electron chi connectivity index (χ3n) is 3.40. The quantitative estimate of drug-likeness (QED) is 0.619. The monoisotopic (exact) mass is 154 g/mol. The minimum atomic E-state index is 0.148. The van der Waals surface area contributed by atoms with Gasteiger partial charge in [-0.05, 0) is 38.1 Å².